The lowest BCUT2D eigenvalue weighted by Crippen LogP contribution is -2.16. The van der Waals surface area contributed by atoms with Gasteiger partial charge in [-0.25, -0.2) is 0 Å². The van der Waals surface area contributed by atoms with Crippen molar-refractivity contribution in [3.05, 3.63) is 51.0 Å². The van der Waals surface area contributed by atoms with E-state index in [1.165, 1.54) is 0 Å². The lowest BCUT2D eigenvalue weighted by atomic mass is 10.1. The predicted octanol–water partition coefficient (Wildman–Crippen LogP) is 3.72. The van der Waals surface area contributed by atoms with Crippen LogP contribution in [0.5, 0.6) is 0 Å². The molecule has 0 aliphatic rings. The Bertz CT molecular complexity index is 1170. The van der Waals surface area contributed by atoms with E-state index in [0.29, 0.717) is 28.5 Å². The van der Waals surface area contributed by atoms with Crippen molar-refractivity contribution < 1.29 is 4.79 Å². The number of nitrogens with zero attached hydrogens (tertiary/aromatic N) is 4. The first-order chi connectivity index (χ1) is 13.0. The van der Waals surface area contributed by atoms with Crippen molar-refractivity contribution in [2.75, 3.05) is 11.1 Å². The van der Waals surface area contributed by atoms with Gasteiger partial charge in [-0.2, -0.15) is 5.21 Å². The molecule has 0 aliphatic heterocycles. The zero-order valence-corrected chi connectivity index (χ0v) is 17.2. The van der Waals surface area contributed by atoms with Crippen LogP contribution in [0.1, 0.15) is 10.5 Å². The second kappa shape index (κ2) is 6.78. The Kier molecular flexibility index (Phi) is 4.44. The van der Waals surface area contributed by atoms with Gasteiger partial charge in [-0.05, 0) is 41.6 Å². The molecule has 4 rings (SSSR count). The maximum absolute atomic E-state index is 13.0. The van der Waals surface area contributed by atoms with Gasteiger partial charge in [0.2, 0.25) is 5.82 Å². The van der Waals surface area contributed by atoms with Crippen LogP contribution in [-0.4, -0.2) is 31.1 Å². The minimum absolute atomic E-state index is 0.271. The van der Waals surface area contributed by atoms with Crippen LogP contribution in [0.15, 0.2) is 45.3 Å². The summed E-state index contributed by atoms with van der Waals surface area (Å²) in [5.74, 6) is 0.114. The summed E-state index contributed by atoms with van der Waals surface area (Å²) in [5.41, 5.74) is 9.18. The van der Waals surface area contributed by atoms with Crippen LogP contribution in [0.2, 0.25) is 0 Å². The first-order valence-corrected chi connectivity index (χ1v) is 9.42. The number of H-pyrrole nitrogens is 1. The number of amides is 1. The summed E-state index contributed by atoms with van der Waals surface area (Å²) < 4.78 is 3.48. The average Bonchev–Trinajstić information content (AvgIpc) is 3.28. The Labute approximate surface area is 170 Å². The number of aromatic amines is 1. The summed E-state index contributed by atoms with van der Waals surface area (Å²) in [4.78, 5) is 13.0. The number of rotatable bonds is 3. The number of carbonyl (C=O) groups excluding carboxylic acids is 1. The van der Waals surface area contributed by atoms with E-state index in [1.54, 1.807) is 22.8 Å². The summed E-state index contributed by atoms with van der Waals surface area (Å²) in [7, 11) is 1.81. The van der Waals surface area contributed by atoms with Gasteiger partial charge in [-0.15, -0.1) is 10.2 Å². The third-order valence-electron chi connectivity index (χ3n) is 4.22. The summed E-state index contributed by atoms with van der Waals surface area (Å²) in [6, 6.07) is 10.9. The number of hydrogen-bond acceptors (Lipinski definition) is 5. The summed E-state index contributed by atoms with van der Waals surface area (Å²) in [6.45, 7) is 0. The number of anilines is 2. The molecule has 0 unspecified atom stereocenters. The highest BCUT2D eigenvalue weighted by atomic mass is 79.9. The van der Waals surface area contributed by atoms with Gasteiger partial charge in [-0.1, -0.05) is 31.9 Å². The molecule has 8 nitrogen and oxygen atoms in total. The fraction of sp³-hybridized carbons (Fsp3) is 0.0588. The number of tetrazole rings is 1. The molecule has 0 spiro atoms. The lowest BCUT2D eigenvalue weighted by Gasteiger charge is -2.10. The molecule has 4 N–H and O–H groups in total. The van der Waals surface area contributed by atoms with Gasteiger partial charge in [-0.3, -0.25) is 4.79 Å². The molecule has 0 bridgehead atoms. The Balaban J connectivity index is 1.76. The molecule has 0 fully saturated rings. The van der Waals surface area contributed by atoms with Crippen LogP contribution >= 0.6 is 31.9 Å². The number of fused-ring (bicyclic) bond motifs is 1. The Morgan fingerprint density at radius 2 is 2.04 bits per heavy atom. The average molecular weight is 491 g/mol. The first-order valence-electron chi connectivity index (χ1n) is 7.84. The maximum atomic E-state index is 13.0. The standard InChI is InChI=1S/C17H13Br2N7O/c1-26-14(7-9-11(19)3-4-12(20)15(9)26)17(27)21-13-5-2-8(18)6-10(13)16-22-24-25-23-16/h2-7H,20H2,1H3,(H,21,27)(H,22,23,24,25). The van der Waals surface area contributed by atoms with Crippen LogP contribution < -0.4 is 11.1 Å². The van der Waals surface area contributed by atoms with Crippen molar-refractivity contribution in [1.29, 1.82) is 0 Å². The topological polar surface area (TPSA) is 115 Å². The van der Waals surface area contributed by atoms with E-state index in [-0.39, 0.29) is 5.91 Å². The molecule has 27 heavy (non-hydrogen) atoms. The fourth-order valence-electron chi connectivity index (χ4n) is 2.96. The van der Waals surface area contributed by atoms with E-state index >= 15 is 0 Å². The molecular formula is C17H13Br2N7O. The van der Waals surface area contributed by atoms with Gasteiger partial charge in [0.25, 0.3) is 5.91 Å². The van der Waals surface area contributed by atoms with Crippen molar-refractivity contribution in [3.8, 4) is 11.4 Å². The van der Waals surface area contributed by atoms with Gasteiger partial charge in [0.15, 0.2) is 0 Å². The minimum atomic E-state index is -0.271. The van der Waals surface area contributed by atoms with E-state index in [4.69, 9.17) is 5.73 Å². The van der Waals surface area contributed by atoms with Gasteiger partial charge < -0.3 is 15.6 Å². The van der Waals surface area contributed by atoms with Gasteiger partial charge in [0, 0.05) is 26.9 Å². The minimum Gasteiger partial charge on any atom is -0.397 e. The summed E-state index contributed by atoms with van der Waals surface area (Å²) in [5, 5.41) is 17.8. The van der Waals surface area contributed by atoms with Crippen molar-refractivity contribution in [2.24, 2.45) is 7.05 Å². The zero-order chi connectivity index (χ0) is 19.1. The van der Waals surface area contributed by atoms with Crippen LogP contribution in [0, 0.1) is 0 Å². The third-order valence-corrected chi connectivity index (χ3v) is 5.41. The molecule has 0 saturated heterocycles. The van der Waals surface area contributed by atoms with Crippen molar-refractivity contribution >= 4 is 60.0 Å². The molecule has 0 atom stereocenters. The number of carbonyl (C=O) groups is 1. The largest absolute Gasteiger partial charge is 0.397 e. The second-order valence-corrected chi connectivity index (χ2v) is 7.64. The normalized spacial score (nSPS) is 11.1. The van der Waals surface area contributed by atoms with Crippen molar-refractivity contribution in [1.82, 2.24) is 25.2 Å². The van der Waals surface area contributed by atoms with E-state index in [1.807, 2.05) is 25.2 Å². The zero-order valence-electron chi connectivity index (χ0n) is 14.0. The van der Waals surface area contributed by atoms with Crippen LogP contribution in [0.3, 0.4) is 0 Å². The molecule has 2 heterocycles. The molecule has 10 heteroatoms. The number of benzene rings is 2. The molecule has 2 aromatic heterocycles. The van der Waals surface area contributed by atoms with Crippen molar-refractivity contribution in [2.45, 2.75) is 0 Å². The number of aromatic nitrogens is 5. The Hall–Kier alpha value is -2.72. The first kappa shape index (κ1) is 17.7. The number of halogens is 2. The van der Waals surface area contributed by atoms with E-state index in [0.717, 1.165) is 19.8 Å². The van der Waals surface area contributed by atoms with Crippen LogP contribution in [0.4, 0.5) is 11.4 Å². The SMILES string of the molecule is Cn1c(C(=O)Nc2ccc(Br)cc2-c2nn[nH]n2)cc2c(Br)ccc(N)c21. The predicted molar refractivity (Wildman–Crippen MR) is 110 cm³/mol. The molecule has 2 aromatic carbocycles. The highest BCUT2D eigenvalue weighted by molar-refractivity contribution is 9.11. The lowest BCUT2D eigenvalue weighted by molar-refractivity contribution is 0.102. The smallest absolute Gasteiger partial charge is 0.272 e. The Morgan fingerprint density at radius 3 is 2.74 bits per heavy atom. The third kappa shape index (κ3) is 3.10. The maximum Gasteiger partial charge on any atom is 0.272 e. The van der Waals surface area contributed by atoms with Crippen LogP contribution in [-0.2, 0) is 7.05 Å². The monoisotopic (exact) mass is 489 g/mol. The molecule has 0 saturated carbocycles. The number of nitrogen functional groups attached to an aromatic ring is 1. The molecular weight excluding hydrogens is 478 g/mol. The number of aryl methyl sites for hydroxylation is 1. The second-order valence-electron chi connectivity index (χ2n) is 5.87. The quantitative estimate of drug-likeness (QED) is 0.378. The van der Waals surface area contributed by atoms with Gasteiger partial charge >= 0.3 is 0 Å². The molecule has 136 valence electrons. The molecule has 0 aliphatic carbocycles. The number of nitrogens with two attached hydrogens (primary N) is 1. The number of nitrogens with one attached hydrogen (secondary N) is 2. The summed E-state index contributed by atoms with van der Waals surface area (Å²) in [6.07, 6.45) is 0. The summed E-state index contributed by atoms with van der Waals surface area (Å²) >= 11 is 6.93. The molecule has 0 radical (unpaired) electrons. The van der Waals surface area contributed by atoms with Gasteiger partial charge in [0.1, 0.15) is 5.69 Å². The highest BCUT2D eigenvalue weighted by Gasteiger charge is 2.19. The van der Waals surface area contributed by atoms with Crippen molar-refractivity contribution in [3.63, 3.8) is 0 Å². The van der Waals surface area contributed by atoms with E-state index in [9.17, 15) is 4.79 Å². The van der Waals surface area contributed by atoms with Crippen LogP contribution in [0.25, 0.3) is 22.3 Å². The van der Waals surface area contributed by atoms with E-state index in [2.05, 4.69) is 57.8 Å². The van der Waals surface area contributed by atoms with E-state index < -0.39 is 0 Å². The molecule has 1 amide bonds. The highest BCUT2D eigenvalue weighted by Crippen LogP contribution is 2.32. The number of hydrogen-bond donors (Lipinski definition) is 3. The van der Waals surface area contributed by atoms with Gasteiger partial charge in [0.05, 0.1) is 16.9 Å². The Morgan fingerprint density at radius 1 is 1.22 bits per heavy atom. The fourth-order valence-corrected chi connectivity index (χ4v) is 3.75. The molecule has 4 aromatic rings.